The Balaban J connectivity index is 2.91. The van der Waals surface area contributed by atoms with Gasteiger partial charge in [-0.05, 0) is 39.0 Å². The number of phenols is 1. The molecule has 106 valence electrons. The summed E-state index contributed by atoms with van der Waals surface area (Å²) < 4.78 is 17.6. The lowest BCUT2D eigenvalue weighted by Gasteiger charge is -2.21. The normalized spacial score (nSPS) is 12.9. The molecule has 0 saturated heterocycles. The average Bonchev–Trinajstić information content (AvgIpc) is 2.28. The summed E-state index contributed by atoms with van der Waals surface area (Å²) in [4.78, 5) is 11.6. The lowest BCUT2D eigenvalue weighted by molar-refractivity contribution is 0.0635. The summed E-state index contributed by atoms with van der Waals surface area (Å²) in [7, 11) is 0. The van der Waals surface area contributed by atoms with Gasteiger partial charge in [0.1, 0.15) is 24.1 Å². The summed E-state index contributed by atoms with van der Waals surface area (Å²) >= 11 is 0. The molecule has 3 N–H and O–H groups in total. The van der Waals surface area contributed by atoms with Gasteiger partial charge < -0.3 is 14.9 Å². The summed E-state index contributed by atoms with van der Waals surface area (Å²) in [5, 5.41) is 21.2. The van der Waals surface area contributed by atoms with Crippen LogP contribution in [0.2, 0.25) is 0 Å². The Morgan fingerprint density at radius 3 is 2.63 bits per heavy atom. The number of rotatable bonds is 3. The zero-order chi connectivity index (χ0) is 14.6. The second-order valence-electron chi connectivity index (χ2n) is 5.07. The molecule has 6 heteroatoms. The van der Waals surface area contributed by atoms with E-state index in [0.29, 0.717) is 0 Å². The van der Waals surface area contributed by atoms with Crippen LogP contribution in [0.1, 0.15) is 32.4 Å². The fraction of sp³-hybridized carbons (Fsp3) is 0.462. The number of carbonyl (C=O) groups is 1. The first-order valence-electron chi connectivity index (χ1n) is 5.80. The molecule has 1 aromatic rings. The first-order valence-corrected chi connectivity index (χ1v) is 5.80. The molecule has 0 heterocycles. The summed E-state index contributed by atoms with van der Waals surface area (Å²) in [5.41, 5.74) is -0.384. The Morgan fingerprint density at radius 1 is 1.47 bits per heavy atom. The van der Waals surface area contributed by atoms with Crippen molar-refractivity contribution in [1.82, 2.24) is 0 Å². The van der Waals surface area contributed by atoms with Crippen molar-refractivity contribution in [3.8, 4) is 5.75 Å². The molecule has 0 radical (unpaired) electrons. The van der Waals surface area contributed by atoms with E-state index >= 15 is 0 Å². The standard InChI is InChI=1S/C13H18FNO4/c1-13(2,3)19-12(18)15-10-5-4-8(16)6-9(10)11(17)7-14/h4-6,11,16-17H,7H2,1-3H3,(H,15,18). The molecular formula is C13H18FNO4. The second kappa shape index (κ2) is 5.88. The zero-order valence-electron chi connectivity index (χ0n) is 11.1. The van der Waals surface area contributed by atoms with E-state index in [2.05, 4.69) is 5.32 Å². The van der Waals surface area contributed by atoms with Crippen molar-refractivity contribution in [2.24, 2.45) is 0 Å². The summed E-state index contributed by atoms with van der Waals surface area (Å²) in [6, 6.07) is 3.88. The maximum absolute atomic E-state index is 12.5. The first-order chi connectivity index (χ1) is 8.73. The van der Waals surface area contributed by atoms with E-state index in [0.717, 1.165) is 0 Å². The van der Waals surface area contributed by atoms with Crippen molar-refractivity contribution >= 4 is 11.8 Å². The van der Waals surface area contributed by atoms with E-state index in [1.54, 1.807) is 20.8 Å². The molecule has 1 aromatic carbocycles. The highest BCUT2D eigenvalue weighted by Crippen LogP contribution is 2.28. The molecule has 0 bridgehead atoms. The van der Waals surface area contributed by atoms with Gasteiger partial charge in [-0.2, -0.15) is 0 Å². The van der Waals surface area contributed by atoms with Gasteiger partial charge in [-0.25, -0.2) is 9.18 Å². The van der Waals surface area contributed by atoms with Crippen LogP contribution < -0.4 is 5.32 Å². The number of amides is 1. The van der Waals surface area contributed by atoms with Crippen LogP contribution in [0.25, 0.3) is 0 Å². The predicted octanol–water partition coefficient (Wildman–Crippen LogP) is 2.74. The predicted molar refractivity (Wildman–Crippen MR) is 68.9 cm³/mol. The van der Waals surface area contributed by atoms with Crippen LogP contribution >= 0.6 is 0 Å². The van der Waals surface area contributed by atoms with Gasteiger partial charge in [0.15, 0.2) is 0 Å². The van der Waals surface area contributed by atoms with Crippen LogP contribution in [0, 0.1) is 0 Å². The fourth-order valence-electron chi connectivity index (χ4n) is 1.44. The highest BCUT2D eigenvalue weighted by molar-refractivity contribution is 5.86. The molecule has 1 atom stereocenters. The third-order valence-electron chi connectivity index (χ3n) is 2.18. The number of carbonyl (C=O) groups excluding carboxylic acids is 1. The number of hydrogen-bond donors (Lipinski definition) is 3. The molecular weight excluding hydrogens is 253 g/mol. The molecule has 0 saturated carbocycles. The van der Waals surface area contributed by atoms with E-state index in [4.69, 9.17) is 4.74 Å². The quantitative estimate of drug-likeness (QED) is 0.738. The smallest absolute Gasteiger partial charge is 0.412 e. The summed E-state index contributed by atoms with van der Waals surface area (Å²) in [6.45, 7) is 4.11. The molecule has 0 spiro atoms. The Hall–Kier alpha value is -1.82. The van der Waals surface area contributed by atoms with Crippen molar-refractivity contribution in [3.05, 3.63) is 23.8 Å². The molecule has 0 aliphatic carbocycles. The lowest BCUT2D eigenvalue weighted by atomic mass is 10.1. The summed E-state index contributed by atoms with van der Waals surface area (Å²) in [5.74, 6) is -0.128. The topological polar surface area (TPSA) is 78.8 Å². The molecule has 0 aliphatic rings. The number of ether oxygens (including phenoxy) is 1. The second-order valence-corrected chi connectivity index (χ2v) is 5.07. The minimum absolute atomic E-state index is 0.0911. The number of alkyl halides is 1. The van der Waals surface area contributed by atoms with Gasteiger partial charge in [-0.15, -0.1) is 0 Å². The lowest BCUT2D eigenvalue weighted by Crippen LogP contribution is -2.27. The fourth-order valence-corrected chi connectivity index (χ4v) is 1.44. The number of hydrogen-bond acceptors (Lipinski definition) is 4. The van der Waals surface area contributed by atoms with E-state index in [9.17, 15) is 19.4 Å². The highest BCUT2D eigenvalue weighted by Gasteiger charge is 2.19. The first kappa shape index (κ1) is 15.2. The third kappa shape index (κ3) is 4.75. The number of aliphatic hydroxyl groups excluding tert-OH is 1. The van der Waals surface area contributed by atoms with Gasteiger partial charge in [-0.1, -0.05) is 0 Å². The van der Waals surface area contributed by atoms with Gasteiger partial charge >= 0.3 is 6.09 Å². The number of nitrogens with one attached hydrogen (secondary N) is 1. The van der Waals surface area contributed by atoms with E-state index < -0.39 is 24.5 Å². The van der Waals surface area contributed by atoms with Crippen LogP contribution in [0.15, 0.2) is 18.2 Å². The molecule has 1 amide bonds. The maximum atomic E-state index is 12.5. The summed E-state index contributed by atoms with van der Waals surface area (Å²) in [6.07, 6.45) is -2.14. The highest BCUT2D eigenvalue weighted by atomic mass is 19.1. The molecule has 0 fully saturated rings. The van der Waals surface area contributed by atoms with Crippen LogP contribution in [0.5, 0.6) is 5.75 Å². The van der Waals surface area contributed by atoms with Gasteiger partial charge in [0, 0.05) is 5.56 Å². The zero-order valence-corrected chi connectivity index (χ0v) is 11.1. The minimum Gasteiger partial charge on any atom is -0.508 e. The van der Waals surface area contributed by atoms with Gasteiger partial charge in [0.25, 0.3) is 0 Å². The molecule has 1 rings (SSSR count). The van der Waals surface area contributed by atoms with Crippen LogP contribution in [-0.2, 0) is 4.74 Å². The maximum Gasteiger partial charge on any atom is 0.412 e. The van der Waals surface area contributed by atoms with Crippen LogP contribution in [0.3, 0.4) is 0 Å². The number of aromatic hydroxyl groups is 1. The monoisotopic (exact) mass is 271 g/mol. The van der Waals surface area contributed by atoms with Gasteiger partial charge in [0.2, 0.25) is 0 Å². The molecule has 1 unspecified atom stereocenters. The average molecular weight is 271 g/mol. The van der Waals surface area contributed by atoms with Crippen LogP contribution in [-0.4, -0.2) is 28.6 Å². The number of anilines is 1. The SMILES string of the molecule is CC(C)(C)OC(=O)Nc1ccc(O)cc1C(O)CF. The van der Waals surface area contributed by atoms with Crippen molar-refractivity contribution < 1.29 is 24.1 Å². The number of phenolic OH excluding ortho intramolecular Hbond substituents is 1. The molecule has 0 aliphatic heterocycles. The number of aliphatic hydroxyl groups is 1. The van der Waals surface area contributed by atoms with E-state index in [1.165, 1.54) is 18.2 Å². The Labute approximate surface area is 111 Å². The minimum atomic E-state index is -1.42. The van der Waals surface area contributed by atoms with E-state index in [1.807, 2.05) is 0 Å². The van der Waals surface area contributed by atoms with Crippen molar-refractivity contribution in [1.29, 1.82) is 0 Å². The Morgan fingerprint density at radius 2 is 2.11 bits per heavy atom. The van der Waals surface area contributed by atoms with Gasteiger partial charge in [0.05, 0.1) is 5.69 Å². The van der Waals surface area contributed by atoms with Crippen LogP contribution in [0.4, 0.5) is 14.9 Å². The van der Waals surface area contributed by atoms with Gasteiger partial charge in [-0.3, -0.25) is 5.32 Å². The van der Waals surface area contributed by atoms with E-state index in [-0.39, 0.29) is 17.0 Å². The number of halogens is 1. The number of benzene rings is 1. The largest absolute Gasteiger partial charge is 0.508 e. The third-order valence-corrected chi connectivity index (χ3v) is 2.18. The molecule has 19 heavy (non-hydrogen) atoms. The Kier molecular flexibility index (Phi) is 4.72. The van der Waals surface area contributed by atoms with Crippen molar-refractivity contribution in [2.45, 2.75) is 32.5 Å². The Bertz CT molecular complexity index is 456. The van der Waals surface area contributed by atoms with Crippen molar-refractivity contribution in [3.63, 3.8) is 0 Å². The molecule has 0 aromatic heterocycles. The van der Waals surface area contributed by atoms with Crippen molar-refractivity contribution in [2.75, 3.05) is 12.0 Å². The molecule has 5 nitrogen and oxygen atoms in total.